The lowest BCUT2D eigenvalue weighted by molar-refractivity contribution is -0.179. The Morgan fingerprint density at radius 1 is 0.466 bits per heavy atom. The zero-order chi connectivity index (χ0) is 42.6. The van der Waals surface area contributed by atoms with Crippen LogP contribution in [0.3, 0.4) is 0 Å². The van der Waals surface area contributed by atoms with Crippen LogP contribution < -0.4 is 0 Å². The van der Waals surface area contributed by atoms with E-state index in [0.717, 1.165) is 70.8 Å². The fourth-order valence-electron chi connectivity index (χ4n) is 6.26. The second kappa shape index (κ2) is 44.1. The second-order valence-electron chi connectivity index (χ2n) is 15.9. The number of hydrogen-bond acceptors (Lipinski definition) is 10. The summed E-state index contributed by atoms with van der Waals surface area (Å²) in [6.45, 7) is 8.93. The van der Waals surface area contributed by atoms with Gasteiger partial charge in [0.25, 0.3) is 6.29 Å². The van der Waals surface area contributed by atoms with Crippen LogP contribution in [0.4, 0.5) is 4.79 Å². The Bertz CT molecular complexity index is 968. The van der Waals surface area contributed by atoms with Crippen LogP contribution in [-0.4, -0.2) is 82.6 Å². The first-order chi connectivity index (χ1) is 28.3. The zero-order valence-electron chi connectivity index (χ0n) is 38.1. The fourth-order valence-corrected chi connectivity index (χ4v) is 6.26. The minimum Gasteiger partial charge on any atom is -0.466 e. The summed E-state index contributed by atoms with van der Waals surface area (Å²) in [5.74, 6) is -0.756. The number of allylic oxidation sites excluding steroid dienone is 4. The quantitative estimate of drug-likeness (QED) is 0.0194. The van der Waals surface area contributed by atoms with E-state index in [4.69, 9.17) is 28.4 Å². The normalized spacial score (nSPS) is 12.3. The molecule has 0 aromatic carbocycles. The van der Waals surface area contributed by atoms with Gasteiger partial charge in [0.2, 0.25) is 0 Å². The highest BCUT2D eigenvalue weighted by atomic mass is 16.8. The molecule has 0 amide bonds. The molecule has 0 bridgehead atoms. The van der Waals surface area contributed by atoms with Crippen molar-refractivity contribution in [3.63, 3.8) is 0 Å². The molecule has 0 aliphatic carbocycles. The van der Waals surface area contributed by atoms with Gasteiger partial charge >= 0.3 is 18.1 Å². The van der Waals surface area contributed by atoms with Crippen LogP contribution in [0, 0.1) is 0 Å². The molecule has 0 N–H and O–H groups in total. The van der Waals surface area contributed by atoms with Gasteiger partial charge < -0.3 is 33.3 Å². The Balaban J connectivity index is 4.70. The van der Waals surface area contributed by atoms with Crippen LogP contribution >= 0.6 is 0 Å². The highest BCUT2D eigenvalue weighted by molar-refractivity contribution is 5.70. The Labute approximate surface area is 355 Å². The first kappa shape index (κ1) is 55.6. The molecule has 0 aliphatic heterocycles. The van der Waals surface area contributed by atoms with E-state index in [9.17, 15) is 14.4 Å². The molecule has 340 valence electrons. The maximum atomic E-state index is 13.0. The molecule has 10 heteroatoms. The van der Waals surface area contributed by atoms with Crippen LogP contribution in [0.2, 0.25) is 0 Å². The van der Waals surface area contributed by atoms with Crippen molar-refractivity contribution in [1.82, 2.24) is 4.90 Å². The van der Waals surface area contributed by atoms with Crippen molar-refractivity contribution in [3.8, 4) is 0 Å². The van der Waals surface area contributed by atoms with Gasteiger partial charge in [-0.15, -0.1) is 0 Å². The van der Waals surface area contributed by atoms with E-state index < -0.39 is 24.7 Å². The van der Waals surface area contributed by atoms with E-state index in [0.29, 0.717) is 38.9 Å². The van der Waals surface area contributed by atoms with Crippen molar-refractivity contribution in [2.24, 2.45) is 0 Å². The van der Waals surface area contributed by atoms with Crippen molar-refractivity contribution in [3.05, 3.63) is 24.3 Å². The molecule has 0 rings (SSSR count). The van der Waals surface area contributed by atoms with Crippen molar-refractivity contribution in [2.75, 3.05) is 47.1 Å². The zero-order valence-corrected chi connectivity index (χ0v) is 38.1. The lowest BCUT2D eigenvalue weighted by atomic mass is 10.1. The minimum absolute atomic E-state index is 0.0535. The summed E-state index contributed by atoms with van der Waals surface area (Å²) in [5, 5.41) is 0. The Morgan fingerprint density at radius 3 is 1.59 bits per heavy atom. The second-order valence-corrected chi connectivity index (χ2v) is 15.9. The summed E-state index contributed by atoms with van der Waals surface area (Å²) >= 11 is 0. The summed E-state index contributed by atoms with van der Waals surface area (Å²) < 4.78 is 33.9. The van der Waals surface area contributed by atoms with Crippen LogP contribution in [0.1, 0.15) is 207 Å². The topological polar surface area (TPSA) is 110 Å². The lowest BCUT2D eigenvalue weighted by Crippen LogP contribution is -2.27. The summed E-state index contributed by atoms with van der Waals surface area (Å²) in [4.78, 5) is 39.9. The Hall–Kier alpha value is -2.43. The highest BCUT2D eigenvalue weighted by Gasteiger charge is 2.22. The summed E-state index contributed by atoms with van der Waals surface area (Å²) in [5.41, 5.74) is 0. The third-order valence-electron chi connectivity index (χ3n) is 9.83. The molecule has 0 saturated heterocycles. The largest absolute Gasteiger partial charge is 0.511 e. The van der Waals surface area contributed by atoms with Gasteiger partial charge in [-0.1, -0.05) is 141 Å². The number of ether oxygens (including phenoxy) is 6. The molecule has 10 nitrogen and oxygen atoms in total. The predicted molar refractivity (Wildman–Crippen MR) is 237 cm³/mol. The average molecular weight is 824 g/mol. The van der Waals surface area contributed by atoms with Crippen LogP contribution in [-0.2, 0) is 38.0 Å². The average Bonchev–Trinajstić information content (AvgIpc) is 3.20. The van der Waals surface area contributed by atoms with Crippen LogP contribution in [0.15, 0.2) is 24.3 Å². The number of esters is 2. The third kappa shape index (κ3) is 41.7. The molecule has 0 heterocycles. The number of nitrogens with zero attached hydrogens (tertiary/aromatic N) is 1. The summed E-state index contributed by atoms with van der Waals surface area (Å²) in [6, 6.07) is 0. The van der Waals surface area contributed by atoms with Crippen LogP contribution in [0.5, 0.6) is 0 Å². The van der Waals surface area contributed by atoms with Crippen LogP contribution in [0.25, 0.3) is 0 Å². The van der Waals surface area contributed by atoms with E-state index in [-0.39, 0.29) is 32.0 Å². The van der Waals surface area contributed by atoms with Gasteiger partial charge in [-0.05, 0) is 78.3 Å². The van der Waals surface area contributed by atoms with Gasteiger partial charge in [0.05, 0.1) is 19.6 Å². The molecule has 58 heavy (non-hydrogen) atoms. The Kier molecular flexibility index (Phi) is 42.3. The highest BCUT2D eigenvalue weighted by Crippen LogP contribution is 2.15. The van der Waals surface area contributed by atoms with Gasteiger partial charge in [-0.3, -0.25) is 9.59 Å². The minimum atomic E-state index is -1.15. The van der Waals surface area contributed by atoms with Crippen molar-refractivity contribution < 1.29 is 42.8 Å². The van der Waals surface area contributed by atoms with E-state index >= 15 is 0 Å². The number of carbonyl (C=O) groups excluding carboxylic acids is 3. The standard InChI is InChI=1S/C48H89NO9/c1-6-9-12-15-18-19-20-21-22-23-24-25-26-27-30-35-44(50)53-42-33-36-47(58-48(52)56-43-34-39-49(4)5)57-45(51)37-38-46(54-40-31-28-16-13-10-7-2)55-41-32-29-17-14-11-8-3/h18-19,21-22,46-47H,6-17,20,23-43H2,1-5H3/b19-18-,22-21-. The lowest BCUT2D eigenvalue weighted by Gasteiger charge is -2.21. The summed E-state index contributed by atoms with van der Waals surface area (Å²) in [6.07, 6.45) is 34.9. The number of carbonyl (C=O) groups is 3. The van der Waals surface area contributed by atoms with Gasteiger partial charge in [0.1, 0.15) is 0 Å². The van der Waals surface area contributed by atoms with Crippen molar-refractivity contribution >= 4 is 18.1 Å². The SMILES string of the molecule is CCCCC/C=C\C/C=C\CCCCCCCC(=O)OCCCC(OC(=O)CCC(OCCCCCCCC)OCCCCCCCC)OC(=O)OCCCN(C)C. The number of hydrogen-bond donors (Lipinski definition) is 0. The molecule has 1 atom stereocenters. The maximum absolute atomic E-state index is 13.0. The molecule has 0 radical (unpaired) electrons. The number of unbranched alkanes of at least 4 members (excludes halogenated alkanes) is 18. The number of rotatable bonds is 43. The maximum Gasteiger partial charge on any atom is 0.511 e. The molecule has 0 aromatic rings. The molecule has 0 fully saturated rings. The molecule has 0 spiro atoms. The molecular formula is C48H89NO9. The first-order valence-electron chi connectivity index (χ1n) is 23.7. The summed E-state index contributed by atoms with van der Waals surface area (Å²) in [7, 11) is 3.89. The molecule has 1 unspecified atom stereocenters. The van der Waals surface area contributed by atoms with E-state index in [1.165, 1.54) is 83.5 Å². The van der Waals surface area contributed by atoms with Gasteiger partial charge in [-0.25, -0.2) is 4.79 Å². The third-order valence-corrected chi connectivity index (χ3v) is 9.83. The monoisotopic (exact) mass is 824 g/mol. The van der Waals surface area contributed by atoms with Gasteiger partial charge in [0, 0.05) is 39.0 Å². The molecular weight excluding hydrogens is 735 g/mol. The van der Waals surface area contributed by atoms with Gasteiger partial charge in [-0.2, -0.15) is 0 Å². The van der Waals surface area contributed by atoms with Crippen molar-refractivity contribution in [1.29, 1.82) is 0 Å². The molecule has 0 saturated carbocycles. The van der Waals surface area contributed by atoms with E-state index in [2.05, 4.69) is 45.1 Å². The fraction of sp³-hybridized carbons (Fsp3) is 0.854. The Morgan fingerprint density at radius 2 is 0.983 bits per heavy atom. The molecule has 0 aromatic heterocycles. The van der Waals surface area contributed by atoms with E-state index in [1.807, 2.05) is 19.0 Å². The van der Waals surface area contributed by atoms with Gasteiger partial charge in [0.15, 0.2) is 6.29 Å². The first-order valence-corrected chi connectivity index (χ1v) is 23.7. The van der Waals surface area contributed by atoms with E-state index in [1.54, 1.807) is 0 Å². The van der Waals surface area contributed by atoms with Crippen molar-refractivity contribution in [2.45, 2.75) is 220 Å². The smallest absolute Gasteiger partial charge is 0.466 e. The molecule has 0 aliphatic rings. The predicted octanol–water partition coefficient (Wildman–Crippen LogP) is 13.0.